The first-order valence-electron chi connectivity index (χ1n) is 14.2. The second-order valence-electron chi connectivity index (χ2n) is 9.40. The fourth-order valence-corrected chi connectivity index (χ4v) is 5.78. The van der Waals surface area contributed by atoms with Crippen LogP contribution >= 0.6 is 23.1 Å². The number of oxime groups is 1. The predicted octanol–water partition coefficient (Wildman–Crippen LogP) is 2.20. The maximum Gasteiger partial charge on any atom is 0.511 e. The molecule has 16 nitrogen and oxygen atoms in total. The molecule has 3 rings (SSSR count). The standard InChI is InChI=1S/C25H33N5O11S2/c1-11(2)38-24(34)28-23-26-15(10-43-23)16(29-37-7)19(31)27-17-20(32)30-18(14(8-36-6)9-42-21(17)30)22(33)40-13(5)41-25(35)39-12(3)4/h10-13,17,21H,8-9H2,1-7H3,(H,27,31)(H,26,28,34)/b29-16-/t13-,17-,21-/m1/s1/i7D3. The van der Waals surface area contributed by atoms with Crippen LogP contribution < -0.4 is 10.6 Å². The molecule has 2 aliphatic heterocycles. The Morgan fingerprint density at radius 3 is 2.51 bits per heavy atom. The largest absolute Gasteiger partial charge is 0.511 e. The van der Waals surface area contributed by atoms with Crippen molar-refractivity contribution in [2.45, 2.75) is 64.5 Å². The van der Waals surface area contributed by atoms with Gasteiger partial charge in [0.2, 0.25) is 6.29 Å². The van der Waals surface area contributed by atoms with Gasteiger partial charge in [0.05, 0.1) is 22.9 Å². The first-order chi connectivity index (χ1) is 21.5. The smallest absolute Gasteiger partial charge is 0.447 e. The average molecular weight is 647 g/mol. The van der Waals surface area contributed by atoms with E-state index in [1.54, 1.807) is 27.7 Å². The van der Waals surface area contributed by atoms with Crippen LogP contribution in [0.3, 0.4) is 0 Å². The third kappa shape index (κ3) is 8.57. The Kier molecular flexibility index (Phi) is 10.2. The molecule has 0 bridgehead atoms. The number of carbonyl (C=O) groups excluding carboxylic acids is 5. The van der Waals surface area contributed by atoms with Gasteiger partial charge in [-0.1, -0.05) is 5.16 Å². The summed E-state index contributed by atoms with van der Waals surface area (Å²) in [6.45, 7) is 7.77. The van der Waals surface area contributed by atoms with Crippen molar-refractivity contribution in [2.75, 3.05) is 31.8 Å². The van der Waals surface area contributed by atoms with Gasteiger partial charge in [0.15, 0.2) is 10.8 Å². The van der Waals surface area contributed by atoms with Crippen LogP contribution in [0, 0.1) is 0 Å². The molecule has 236 valence electrons. The molecule has 0 unspecified atom stereocenters. The van der Waals surface area contributed by atoms with E-state index in [4.69, 9.17) is 27.8 Å². The molecular weight excluding hydrogens is 610 g/mol. The Hall–Kier alpha value is -3.90. The number of nitrogens with one attached hydrogen (secondary N) is 2. The lowest BCUT2D eigenvalue weighted by Crippen LogP contribution is -2.71. The van der Waals surface area contributed by atoms with Gasteiger partial charge in [0, 0.05) is 25.2 Å². The number of methoxy groups -OCH3 is 1. The number of rotatable bonds is 12. The van der Waals surface area contributed by atoms with Gasteiger partial charge in [-0.3, -0.25) is 19.8 Å². The minimum Gasteiger partial charge on any atom is -0.447 e. The first kappa shape index (κ1) is 29.2. The molecule has 3 amide bonds. The number of hydrogen-bond donors (Lipinski definition) is 2. The number of thiazole rings is 1. The molecule has 3 atom stereocenters. The summed E-state index contributed by atoms with van der Waals surface area (Å²) in [5.74, 6) is -2.49. The van der Waals surface area contributed by atoms with E-state index in [1.165, 1.54) is 31.2 Å². The lowest BCUT2D eigenvalue weighted by atomic mass is 10.0. The summed E-state index contributed by atoms with van der Waals surface area (Å²) in [5.41, 5.74) is -0.491. The third-order valence-corrected chi connectivity index (χ3v) is 7.46. The molecule has 1 aromatic rings. The summed E-state index contributed by atoms with van der Waals surface area (Å²) in [4.78, 5) is 73.3. The molecule has 0 aromatic carbocycles. The summed E-state index contributed by atoms with van der Waals surface area (Å²) in [6.07, 6.45) is -4.11. The molecular formula is C25H33N5O11S2. The number of anilines is 1. The highest BCUT2D eigenvalue weighted by atomic mass is 32.2. The molecule has 1 aromatic heterocycles. The van der Waals surface area contributed by atoms with Crippen LogP contribution in [0.1, 0.15) is 44.4 Å². The maximum absolute atomic E-state index is 13.4. The lowest BCUT2D eigenvalue weighted by Gasteiger charge is -2.49. The van der Waals surface area contributed by atoms with Crippen molar-refractivity contribution < 1.29 is 56.6 Å². The molecule has 2 N–H and O–H groups in total. The van der Waals surface area contributed by atoms with E-state index in [0.29, 0.717) is 5.57 Å². The van der Waals surface area contributed by atoms with E-state index in [-0.39, 0.29) is 28.9 Å². The molecule has 18 heteroatoms. The zero-order chi connectivity index (χ0) is 34.3. The van der Waals surface area contributed by atoms with Crippen LogP contribution in [0.4, 0.5) is 14.7 Å². The Bertz CT molecular complexity index is 1400. The molecule has 0 radical (unpaired) electrons. The highest BCUT2D eigenvalue weighted by molar-refractivity contribution is 8.00. The van der Waals surface area contributed by atoms with Crippen molar-refractivity contribution in [1.29, 1.82) is 0 Å². The van der Waals surface area contributed by atoms with Gasteiger partial charge < -0.3 is 33.8 Å². The summed E-state index contributed by atoms with van der Waals surface area (Å²) in [7, 11) is -1.62. The number of thioether (sulfide) groups is 1. The van der Waals surface area contributed by atoms with Gasteiger partial charge in [0.1, 0.15) is 29.8 Å². The molecule has 2 aliphatic rings. The molecule has 0 saturated carbocycles. The number of aromatic nitrogens is 1. The lowest BCUT2D eigenvalue weighted by molar-refractivity contribution is -0.169. The van der Waals surface area contributed by atoms with Gasteiger partial charge in [-0.25, -0.2) is 19.4 Å². The molecule has 0 spiro atoms. The SMILES string of the molecule is [2H]C([2H])([2H])O/N=C(\C(=O)N[C@@H]1C(=O)N2C(C(=O)O[C@@H](C)OC(=O)OC(C)C)=C(COC)CS[C@H]12)c1csc(NC(=O)OC(C)C)n1. The quantitative estimate of drug-likeness (QED) is 0.0839. The van der Waals surface area contributed by atoms with Crippen LogP contribution in [-0.2, 0) is 42.9 Å². The van der Waals surface area contributed by atoms with Gasteiger partial charge in [-0.05, 0) is 33.3 Å². The molecule has 1 fully saturated rings. The van der Waals surface area contributed by atoms with Crippen molar-refractivity contribution in [3.63, 3.8) is 0 Å². The van der Waals surface area contributed by atoms with Gasteiger partial charge >= 0.3 is 18.2 Å². The van der Waals surface area contributed by atoms with E-state index in [9.17, 15) is 24.0 Å². The predicted molar refractivity (Wildman–Crippen MR) is 153 cm³/mol. The number of fused-ring (bicyclic) bond motifs is 1. The Balaban J connectivity index is 1.78. The second-order valence-corrected chi connectivity index (χ2v) is 11.4. The van der Waals surface area contributed by atoms with Crippen LogP contribution in [0.2, 0.25) is 0 Å². The number of carbonyl (C=O) groups is 5. The van der Waals surface area contributed by atoms with E-state index in [0.717, 1.165) is 16.2 Å². The minimum atomic E-state index is -3.02. The highest BCUT2D eigenvalue weighted by Crippen LogP contribution is 2.41. The molecule has 1 saturated heterocycles. The number of amides is 3. The van der Waals surface area contributed by atoms with E-state index in [1.807, 2.05) is 0 Å². The van der Waals surface area contributed by atoms with E-state index >= 15 is 0 Å². The number of β-lactam (4-membered cyclic amide) rings is 1. The van der Waals surface area contributed by atoms with Crippen LogP contribution in [-0.4, -0.2) is 102 Å². The van der Waals surface area contributed by atoms with Crippen molar-refractivity contribution in [2.24, 2.45) is 5.16 Å². The number of hydrogen-bond acceptors (Lipinski definition) is 15. The Morgan fingerprint density at radius 2 is 1.86 bits per heavy atom. The first-order valence-corrected chi connectivity index (χ1v) is 14.7. The molecule has 3 heterocycles. The number of nitrogens with zero attached hydrogens (tertiary/aromatic N) is 3. The fourth-order valence-electron chi connectivity index (χ4n) is 3.77. The van der Waals surface area contributed by atoms with E-state index < -0.39 is 72.7 Å². The van der Waals surface area contributed by atoms with Crippen molar-refractivity contribution >= 4 is 64.0 Å². The van der Waals surface area contributed by atoms with Crippen molar-refractivity contribution in [1.82, 2.24) is 15.2 Å². The Labute approximate surface area is 259 Å². The number of esters is 1. The topological polar surface area (TPSA) is 193 Å². The zero-order valence-electron chi connectivity index (χ0n) is 27.0. The normalized spacial score (nSPS) is 20.2. The highest BCUT2D eigenvalue weighted by Gasteiger charge is 2.55. The van der Waals surface area contributed by atoms with Crippen LogP contribution in [0.15, 0.2) is 21.8 Å². The molecule has 43 heavy (non-hydrogen) atoms. The average Bonchev–Trinajstić information content (AvgIpc) is 3.37. The van der Waals surface area contributed by atoms with Gasteiger partial charge in [0.25, 0.3) is 11.8 Å². The van der Waals surface area contributed by atoms with Gasteiger partial charge in [-0.2, -0.15) is 0 Å². The maximum atomic E-state index is 13.4. The summed E-state index contributed by atoms with van der Waals surface area (Å²) in [6, 6.07) is -1.19. The molecule has 0 aliphatic carbocycles. The minimum absolute atomic E-state index is 0.0124. The van der Waals surface area contributed by atoms with Crippen molar-refractivity contribution in [3.05, 3.63) is 22.3 Å². The second kappa shape index (κ2) is 15.0. The summed E-state index contributed by atoms with van der Waals surface area (Å²) < 4.78 is 47.1. The summed E-state index contributed by atoms with van der Waals surface area (Å²) in [5, 5.41) is 8.86. The third-order valence-electron chi connectivity index (χ3n) is 5.36. The zero-order valence-corrected chi connectivity index (χ0v) is 25.7. The number of ether oxygens (including phenoxy) is 5. The monoisotopic (exact) mass is 646 g/mol. The van der Waals surface area contributed by atoms with E-state index in [2.05, 4.69) is 25.6 Å². The van der Waals surface area contributed by atoms with Gasteiger partial charge in [-0.15, -0.1) is 23.1 Å². The van der Waals surface area contributed by atoms with Crippen LogP contribution in [0.25, 0.3) is 0 Å². The van der Waals surface area contributed by atoms with Crippen LogP contribution in [0.5, 0.6) is 0 Å². The van der Waals surface area contributed by atoms with Crippen molar-refractivity contribution in [3.8, 4) is 0 Å². The fraction of sp³-hybridized carbons (Fsp3) is 0.560. The Morgan fingerprint density at radius 1 is 1.14 bits per heavy atom. The summed E-state index contributed by atoms with van der Waals surface area (Å²) >= 11 is 2.11.